The Balaban J connectivity index is 1.86. The summed E-state index contributed by atoms with van der Waals surface area (Å²) >= 11 is 0. The zero-order valence-corrected chi connectivity index (χ0v) is 15.6. The van der Waals surface area contributed by atoms with Crippen molar-refractivity contribution in [2.45, 2.75) is 39.8 Å². The molecule has 2 aromatic heterocycles. The third-order valence-electron chi connectivity index (χ3n) is 4.92. The van der Waals surface area contributed by atoms with Crippen molar-refractivity contribution in [1.82, 2.24) is 19.9 Å². The zero-order valence-electron chi connectivity index (χ0n) is 15.6. The first kappa shape index (κ1) is 17.8. The van der Waals surface area contributed by atoms with E-state index in [9.17, 15) is 4.79 Å². The summed E-state index contributed by atoms with van der Waals surface area (Å²) in [5.74, 6) is 0.0203. The molecule has 1 fully saturated rings. The van der Waals surface area contributed by atoms with Gasteiger partial charge < -0.3 is 14.2 Å². The standard InChI is InChI=1S/C18H26N4O3/c1-11-8-15(16-14(4)20-25-17(16)19-11)18(23)21-9-12(2)22(6-7-24-5)13(3)10-21/h8,12-13H,6-7,9-10H2,1-5H3/t12-,13+. The molecular weight excluding hydrogens is 320 g/mol. The number of ether oxygens (including phenoxy) is 1. The number of aromatic nitrogens is 2. The molecular formula is C18H26N4O3. The van der Waals surface area contributed by atoms with Crippen LogP contribution in [-0.2, 0) is 4.74 Å². The van der Waals surface area contributed by atoms with Crippen molar-refractivity contribution < 1.29 is 14.1 Å². The summed E-state index contributed by atoms with van der Waals surface area (Å²) in [5.41, 5.74) is 2.52. The third kappa shape index (κ3) is 3.39. The molecule has 2 atom stereocenters. The van der Waals surface area contributed by atoms with Gasteiger partial charge in [-0.25, -0.2) is 4.98 Å². The van der Waals surface area contributed by atoms with Crippen LogP contribution in [0.5, 0.6) is 0 Å². The number of carbonyl (C=O) groups is 1. The molecule has 3 heterocycles. The summed E-state index contributed by atoms with van der Waals surface area (Å²) in [6.07, 6.45) is 0. The molecule has 0 radical (unpaired) electrons. The van der Waals surface area contributed by atoms with Crippen molar-refractivity contribution in [2.75, 3.05) is 33.4 Å². The second-order valence-electron chi connectivity index (χ2n) is 6.90. The van der Waals surface area contributed by atoms with Gasteiger partial charge in [-0.3, -0.25) is 9.69 Å². The molecule has 136 valence electrons. The number of amides is 1. The van der Waals surface area contributed by atoms with E-state index >= 15 is 0 Å². The number of rotatable bonds is 4. The fourth-order valence-corrected chi connectivity index (χ4v) is 3.72. The van der Waals surface area contributed by atoms with Gasteiger partial charge in [-0.2, -0.15) is 0 Å². The van der Waals surface area contributed by atoms with Crippen LogP contribution in [0.1, 0.15) is 35.6 Å². The number of aryl methyl sites for hydroxylation is 2. The minimum Gasteiger partial charge on any atom is -0.383 e. The first-order valence-corrected chi connectivity index (χ1v) is 8.70. The quantitative estimate of drug-likeness (QED) is 0.843. The molecule has 0 spiro atoms. The Morgan fingerprint density at radius 3 is 2.64 bits per heavy atom. The van der Waals surface area contributed by atoms with Crippen LogP contribution in [0.25, 0.3) is 11.1 Å². The fourth-order valence-electron chi connectivity index (χ4n) is 3.72. The van der Waals surface area contributed by atoms with E-state index in [0.29, 0.717) is 36.7 Å². The normalized spacial score (nSPS) is 21.9. The van der Waals surface area contributed by atoms with E-state index in [0.717, 1.165) is 17.6 Å². The Hall–Kier alpha value is -1.99. The van der Waals surface area contributed by atoms with Gasteiger partial charge in [0.05, 0.1) is 23.3 Å². The zero-order chi connectivity index (χ0) is 18.1. The van der Waals surface area contributed by atoms with E-state index in [-0.39, 0.29) is 18.0 Å². The summed E-state index contributed by atoms with van der Waals surface area (Å²) in [6, 6.07) is 2.40. The molecule has 7 nitrogen and oxygen atoms in total. The number of nitrogens with zero attached hydrogens (tertiary/aromatic N) is 4. The molecule has 3 rings (SSSR count). The first-order valence-electron chi connectivity index (χ1n) is 8.70. The van der Waals surface area contributed by atoms with Crippen LogP contribution >= 0.6 is 0 Å². The molecule has 0 aromatic carbocycles. The van der Waals surface area contributed by atoms with Crippen molar-refractivity contribution >= 4 is 17.0 Å². The molecule has 0 N–H and O–H groups in total. The second kappa shape index (κ2) is 7.09. The lowest BCUT2D eigenvalue weighted by molar-refractivity contribution is 0.0194. The monoisotopic (exact) mass is 346 g/mol. The largest absolute Gasteiger partial charge is 0.383 e. The number of carbonyl (C=O) groups excluding carboxylic acids is 1. The number of pyridine rings is 1. The Kier molecular flexibility index (Phi) is 5.06. The average Bonchev–Trinajstić information content (AvgIpc) is 2.93. The molecule has 25 heavy (non-hydrogen) atoms. The van der Waals surface area contributed by atoms with E-state index in [1.54, 1.807) is 7.11 Å². The van der Waals surface area contributed by atoms with Crippen LogP contribution < -0.4 is 0 Å². The van der Waals surface area contributed by atoms with E-state index < -0.39 is 0 Å². The van der Waals surface area contributed by atoms with Crippen molar-refractivity contribution in [3.05, 3.63) is 23.0 Å². The number of fused-ring (bicyclic) bond motifs is 1. The Labute approximate surface area is 147 Å². The van der Waals surface area contributed by atoms with Gasteiger partial charge in [0, 0.05) is 44.5 Å². The van der Waals surface area contributed by atoms with Gasteiger partial charge >= 0.3 is 0 Å². The number of hydrogen-bond acceptors (Lipinski definition) is 6. The molecule has 0 saturated carbocycles. The van der Waals surface area contributed by atoms with Gasteiger partial charge in [0.15, 0.2) is 0 Å². The molecule has 7 heteroatoms. The topological polar surface area (TPSA) is 71.7 Å². The highest BCUT2D eigenvalue weighted by molar-refractivity contribution is 6.06. The van der Waals surface area contributed by atoms with E-state index in [1.165, 1.54) is 0 Å². The molecule has 1 aliphatic rings. The lowest BCUT2D eigenvalue weighted by atomic mass is 10.0. The van der Waals surface area contributed by atoms with Gasteiger partial charge in [0.1, 0.15) is 0 Å². The van der Waals surface area contributed by atoms with Crippen molar-refractivity contribution in [1.29, 1.82) is 0 Å². The maximum Gasteiger partial charge on any atom is 0.258 e. The number of piperazine rings is 1. The first-order chi connectivity index (χ1) is 11.9. The Morgan fingerprint density at radius 1 is 1.32 bits per heavy atom. The van der Waals surface area contributed by atoms with E-state index in [1.807, 2.05) is 24.8 Å². The van der Waals surface area contributed by atoms with Crippen LogP contribution in [0.4, 0.5) is 0 Å². The molecule has 1 aliphatic heterocycles. The summed E-state index contributed by atoms with van der Waals surface area (Å²) in [4.78, 5) is 21.9. The van der Waals surface area contributed by atoms with E-state index in [2.05, 4.69) is 28.9 Å². The maximum absolute atomic E-state index is 13.2. The average molecular weight is 346 g/mol. The van der Waals surface area contributed by atoms with E-state index in [4.69, 9.17) is 9.26 Å². The minimum absolute atomic E-state index is 0.0203. The second-order valence-corrected chi connectivity index (χ2v) is 6.90. The Bertz CT molecular complexity index is 761. The lowest BCUT2D eigenvalue weighted by Crippen LogP contribution is -2.58. The van der Waals surface area contributed by atoms with Crippen molar-refractivity contribution in [3.63, 3.8) is 0 Å². The smallest absolute Gasteiger partial charge is 0.258 e. The van der Waals surface area contributed by atoms with Crippen LogP contribution in [0.3, 0.4) is 0 Å². The van der Waals surface area contributed by atoms with Gasteiger partial charge in [-0.15, -0.1) is 0 Å². The minimum atomic E-state index is 0.0203. The number of hydrogen-bond donors (Lipinski definition) is 0. The van der Waals surface area contributed by atoms with Crippen LogP contribution in [0.2, 0.25) is 0 Å². The van der Waals surface area contributed by atoms with Crippen LogP contribution in [-0.4, -0.2) is 71.3 Å². The SMILES string of the molecule is COCCN1[C@H](C)CN(C(=O)c2cc(C)nc3onc(C)c23)C[C@@H]1C. The van der Waals surface area contributed by atoms with Gasteiger partial charge in [-0.05, 0) is 33.8 Å². The van der Waals surface area contributed by atoms with Gasteiger partial charge in [0.25, 0.3) is 11.6 Å². The third-order valence-corrected chi connectivity index (χ3v) is 4.92. The maximum atomic E-state index is 13.2. The van der Waals surface area contributed by atoms with Gasteiger partial charge in [0.2, 0.25) is 0 Å². The summed E-state index contributed by atoms with van der Waals surface area (Å²) in [6.45, 7) is 11.0. The molecule has 2 aromatic rings. The van der Waals surface area contributed by atoms with Gasteiger partial charge in [-0.1, -0.05) is 5.16 Å². The van der Waals surface area contributed by atoms with Crippen molar-refractivity contribution in [3.8, 4) is 0 Å². The predicted octanol–water partition coefficient (Wildman–Crippen LogP) is 2.02. The number of methoxy groups -OCH3 is 1. The summed E-state index contributed by atoms with van der Waals surface area (Å²) in [7, 11) is 1.72. The van der Waals surface area contributed by atoms with Crippen LogP contribution in [0.15, 0.2) is 10.6 Å². The highest BCUT2D eigenvalue weighted by Gasteiger charge is 2.33. The van der Waals surface area contributed by atoms with Crippen molar-refractivity contribution in [2.24, 2.45) is 0 Å². The molecule has 1 amide bonds. The Morgan fingerprint density at radius 2 is 2.00 bits per heavy atom. The predicted molar refractivity (Wildman–Crippen MR) is 94.7 cm³/mol. The molecule has 1 saturated heterocycles. The lowest BCUT2D eigenvalue weighted by Gasteiger charge is -2.44. The fraction of sp³-hybridized carbons (Fsp3) is 0.611. The molecule has 0 bridgehead atoms. The summed E-state index contributed by atoms with van der Waals surface area (Å²) in [5, 5.41) is 4.69. The highest BCUT2D eigenvalue weighted by Crippen LogP contribution is 2.25. The molecule has 0 unspecified atom stereocenters. The highest BCUT2D eigenvalue weighted by atomic mass is 16.5. The molecule has 0 aliphatic carbocycles. The van der Waals surface area contributed by atoms with Crippen LogP contribution in [0, 0.1) is 13.8 Å². The summed E-state index contributed by atoms with van der Waals surface area (Å²) < 4.78 is 10.5.